The number of carboxylic acids is 1. The molecule has 40 nitrogen and oxygen atoms in total. The van der Waals surface area contributed by atoms with E-state index >= 15 is 0 Å². The van der Waals surface area contributed by atoms with Gasteiger partial charge < -0.3 is 26.2 Å². The van der Waals surface area contributed by atoms with E-state index in [0.29, 0.717) is 47.1 Å². The van der Waals surface area contributed by atoms with Gasteiger partial charge in [-0.3, -0.25) is 37.4 Å². The number of nitrogens with zero attached hydrogens (tertiary/aromatic N) is 11. The molecule has 7 aromatic carbocycles. The molecule has 89 heavy (non-hydrogen) atoms. The van der Waals surface area contributed by atoms with Crippen molar-refractivity contribution in [3.05, 3.63) is 107 Å². The summed E-state index contributed by atoms with van der Waals surface area (Å²) < 4.78 is 215. The van der Waals surface area contributed by atoms with Gasteiger partial charge in [-0.25, -0.2) is 10.1 Å². The van der Waals surface area contributed by atoms with Crippen LogP contribution in [0.3, 0.4) is 0 Å². The lowest BCUT2D eigenvalue weighted by Crippen LogP contribution is -2.03. The summed E-state index contributed by atoms with van der Waals surface area (Å²) in [6.07, 6.45) is 0. The van der Waals surface area contributed by atoms with E-state index in [1.807, 2.05) is 0 Å². The number of aromatic hydroxyl groups is 3. The molecular weight excluding hydrogens is 1340 g/mol. The number of hydrogen-bond donors (Lipinski definition) is 12. The smallest absolute Gasteiger partial charge is 0.358 e. The topological polar surface area (TPSA) is 649 Å². The third-order valence-corrected chi connectivity index (χ3v) is 17.5. The van der Waals surface area contributed by atoms with E-state index < -0.39 is 207 Å². The quantitative estimate of drug-likeness (QED) is 0.00652. The highest BCUT2D eigenvalue weighted by atomic mass is 32.2. The number of nitrogens with two attached hydrogens (primary N) is 1. The van der Waals surface area contributed by atoms with Gasteiger partial charge in [-0.2, -0.15) is 65.4 Å². The molecule has 0 atom stereocenters. The molecule has 0 unspecified atom stereocenters. The summed E-state index contributed by atoms with van der Waals surface area (Å²) in [6.45, 7) is 0. The average Bonchev–Trinajstić information content (AvgIpc) is 2.00. The van der Waals surface area contributed by atoms with E-state index in [0.717, 1.165) is 48.5 Å². The molecule has 0 amide bonds. The minimum Gasteiger partial charge on any atom is -0.505 e. The highest BCUT2D eigenvalue weighted by molar-refractivity contribution is 7.94. The normalized spacial score (nSPS) is 13.1. The van der Waals surface area contributed by atoms with Gasteiger partial charge in [0.05, 0.1) is 49.2 Å². The summed E-state index contributed by atoms with van der Waals surface area (Å²) >= 11 is -0.0551. The number of non-ortho nitro benzene ring substituents is 1. The van der Waals surface area contributed by atoms with Crippen molar-refractivity contribution in [2.75, 3.05) is 5.73 Å². The van der Waals surface area contributed by atoms with Gasteiger partial charge in [-0.15, -0.1) is 40.1 Å². The lowest BCUT2D eigenvalue weighted by molar-refractivity contribution is -0.432. The van der Waals surface area contributed by atoms with Crippen LogP contribution in [-0.4, -0.2) is 124 Å². The molecular formula is C42H28N12O28S7. The van der Waals surface area contributed by atoms with Crippen molar-refractivity contribution in [2.24, 2.45) is 40.9 Å². The standard InChI is InChI=1S/C42H28N12O28S7/c43-33-26(15-29(86(69,70)71)22-13-27(83-82-81-62)34(39(56)32(22)33)49-45-23-8-4-18(54(60)61)12-30(23)87(72,73)74)48-46-24-9-7-20-21(40(24)89(78,79)80)14-31(88(75,76)77)35(38(20)55)50-44-16-1-10-28(85(66,67)68)25(11-16)47-51-36-37(42(58)59)52-53(41(36)57)17-2-5-19(6-3-17)84(63,64)65/h1-15,55-57,62H,43H2,(H,58,59)(H,63,64,65)(H,66,67,68)(H,69,70,71)(H,72,73,74)(H,75,76,77)(H,78,79,80)/b48-46?,49-45?,50-44?,51-47+. The van der Waals surface area contributed by atoms with Crippen LogP contribution < -0.4 is 5.73 Å². The van der Waals surface area contributed by atoms with E-state index in [2.05, 4.69) is 55.4 Å². The van der Waals surface area contributed by atoms with Gasteiger partial charge >= 0.3 is 5.97 Å². The third-order valence-electron chi connectivity index (χ3n) is 11.6. The average molecular weight is 1370 g/mol. The summed E-state index contributed by atoms with van der Waals surface area (Å²) in [7, 11) is -32.3. The van der Waals surface area contributed by atoms with Crippen molar-refractivity contribution in [1.29, 1.82) is 0 Å². The third kappa shape index (κ3) is 13.6. The number of aromatic carboxylic acids is 1. The number of benzene rings is 7. The number of carbonyl (C=O) groups is 1. The molecule has 1 heterocycles. The van der Waals surface area contributed by atoms with Gasteiger partial charge in [0.25, 0.3) is 66.4 Å². The maximum Gasteiger partial charge on any atom is 0.358 e. The molecule has 0 bridgehead atoms. The maximum atomic E-state index is 13.2. The summed E-state index contributed by atoms with van der Waals surface area (Å²) in [4.78, 5) is 14.8. The zero-order chi connectivity index (χ0) is 65.8. The molecule has 0 aliphatic carbocycles. The van der Waals surface area contributed by atoms with Crippen LogP contribution in [0.1, 0.15) is 10.5 Å². The van der Waals surface area contributed by atoms with Crippen molar-refractivity contribution in [3.8, 4) is 23.1 Å². The van der Waals surface area contributed by atoms with E-state index in [1.165, 1.54) is 0 Å². The van der Waals surface area contributed by atoms with Crippen LogP contribution in [0.2, 0.25) is 0 Å². The summed E-state index contributed by atoms with van der Waals surface area (Å²) in [5, 5.41) is 97.0. The van der Waals surface area contributed by atoms with Gasteiger partial charge in [0, 0.05) is 28.3 Å². The summed E-state index contributed by atoms with van der Waals surface area (Å²) in [5.74, 6) is -5.60. The van der Waals surface area contributed by atoms with Gasteiger partial charge in [-0.1, -0.05) is 5.04 Å². The number of anilines is 1. The lowest BCUT2D eigenvalue weighted by atomic mass is 10.0. The molecule has 466 valence electrons. The second kappa shape index (κ2) is 23.8. The zero-order valence-corrected chi connectivity index (χ0v) is 48.1. The predicted octanol–water partition coefficient (Wildman–Crippen LogP) is 8.05. The van der Waals surface area contributed by atoms with E-state index in [4.69, 9.17) is 11.0 Å². The van der Waals surface area contributed by atoms with Crippen LogP contribution in [0.25, 0.3) is 27.2 Å². The van der Waals surface area contributed by atoms with Crippen LogP contribution in [0.5, 0.6) is 17.4 Å². The highest BCUT2D eigenvalue weighted by Gasteiger charge is 2.31. The number of azo groups is 4. The Kier molecular flexibility index (Phi) is 17.5. The molecule has 13 N–H and O–H groups in total. The molecule has 1 aromatic heterocycles. The van der Waals surface area contributed by atoms with Gasteiger partial charge in [0.15, 0.2) is 17.2 Å². The number of hydrogen-bond acceptors (Lipinski definition) is 32. The monoisotopic (exact) mass is 1370 g/mol. The van der Waals surface area contributed by atoms with Crippen LogP contribution in [-0.2, 0) is 70.1 Å². The molecule has 0 saturated carbocycles. The van der Waals surface area contributed by atoms with E-state index in [1.54, 1.807) is 0 Å². The SMILES string of the molecule is Nc1c(N=Nc2ccc3c(O)c(N=Nc4ccc(S(=O)(=O)O)c(/N=N/c5c(C(=O)O)nn(-c6ccc(S(=O)(=O)O)cc6)c5O)c4)c(S(=O)(=O)O)cc3c2S(=O)(=O)O)cc(S(=O)(=O)O)c2cc(SOOO)c(N=Nc3ccc([N+](=O)[O-])cc3S(=O)(=O)O)c(O)c12. The number of phenols is 2. The first kappa shape index (κ1) is 65.4. The number of fused-ring (bicyclic) bond motifs is 2. The van der Waals surface area contributed by atoms with Crippen LogP contribution >= 0.6 is 12.0 Å². The van der Waals surface area contributed by atoms with Crippen molar-refractivity contribution >= 4 is 157 Å². The lowest BCUT2D eigenvalue weighted by Gasteiger charge is -2.15. The van der Waals surface area contributed by atoms with E-state index in [-0.39, 0.29) is 17.7 Å². The highest BCUT2D eigenvalue weighted by Crippen LogP contribution is 2.51. The first-order valence-electron chi connectivity index (χ1n) is 22.4. The van der Waals surface area contributed by atoms with Crippen molar-refractivity contribution in [2.45, 2.75) is 34.3 Å². The summed E-state index contributed by atoms with van der Waals surface area (Å²) in [6, 6.07) is 10.3. The van der Waals surface area contributed by atoms with Crippen LogP contribution in [0, 0.1) is 10.1 Å². The van der Waals surface area contributed by atoms with Crippen molar-refractivity contribution < 1.29 is 123 Å². The minimum atomic E-state index is -5.76. The van der Waals surface area contributed by atoms with Crippen molar-refractivity contribution in [3.63, 3.8) is 0 Å². The number of rotatable bonds is 20. The Morgan fingerprint density at radius 3 is 1.70 bits per heavy atom. The molecule has 0 aliphatic heterocycles. The number of carboxylic acid groups (broad SMARTS) is 1. The molecule has 47 heteroatoms. The zero-order valence-electron chi connectivity index (χ0n) is 42.4. The van der Waals surface area contributed by atoms with Crippen LogP contribution in [0.4, 0.5) is 56.9 Å². The fourth-order valence-electron chi connectivity index (χ4n) is 7.81. The minimum absolute atomic E-state index is 0.0551. The van der Waals surface area contributed by atoms with E-state index in [9.17, 15) is 113 Å². The number of aromatic nitrogens is 2. The van der Waals surface area contributed by atoms with Crippen molar-refractivity contribution in [1.82, 2.24) is 9.78 Å². The Hall–Kier alpha value is -9.57. The second-order valence-corrected chi connectivity index (χ2v) is 26.1. The fourth-order valence-corrected chi connectivity index (χ4v) is 12.2. The van der Waals surface area contributed by atoms with Gasteiger partial charge in [-0.05, 0) is 78.9 Å². The first-order valence-corrected chi connectivity index (χ1v) is 31.8. The van der Waals surface area contributed by atoms with Crippen LogP contribution in [0.15, 0.2) is 166 Å². The molecule has 0 radical (unpaired) electrons. The largest absolute Gasteiger partial charge is 0.505 e. The maximum absolute atomic E-state index is 13.2. The Balaban J connectivity index is 1.24. The number of phenolic OH excluding ortho intramolecular Hbond substituents is 2. The Morgan fingerprint density at radius 2 is 1.12 bits per heavy atom. The van der Waals surface area contributed by atoms with Gasteiger partial charge in [0.2, 0.25) is 11.6 Å². The number of nitrogen functional groups attached to an aromatic ring is 1. The fraction of sp³-hybridized carbons (Fsp3) is 0. The first-order chi connectivity index (χ1) is 41.2. The molecule has 0 fully saturated rings. The Bertz CT molecular complexity index is 5240. The molecule has 0 spiro atoms. The Morgan fingerprint density at radius 1 is 0.551 bits per heavy atom. The number of nitro groups is 1. The summed E-state index contributed by atoms with van der Waals surface area (Å²) in [5.41, 5.74) is -4.08. The molecule has 8 aromatic rings. The number of nitro benzene ring substituents is 1. The van der Waals surface area contributed by atoms with Gasteiger partial charge in [0.1, 0.15) is 58.6 Å². The Labute approximate surface area is 497 Å². The predicted molar refractivity (Wildman–Crippen MR) is 294 cm³/mol. The second-order valence-electron chi connectivity index (χ2n) is 17.1. The molecule has 8 rings (SSSR count). The molecule has 0 aliphatic rings. The molecule has 0 saturated heterocycles.